The molecule has 1 heterocycles. The molecule has 0 aliphatic carbocycles. The zero-order chi connectivity index (χ0) is 19.8. The minimum atomic E-state index is -0.201. The van der Waals surface area contributed by atoms with Crippen LogP contribution in [0.2, 0.25) is 0 Å². The van der Waals surface area contributed by atoms with Crippen molar-refractivity contribution in [1.29, 1.82) is 0 Å². The summed E-state index contributed by atoms with van der Waals surface area (Å²) in [6.07, 6.45) is 2.36. The fourth-order valence-corrected chi connectivity index (χ4v) is 3.31. The molecule has 0 aromatic heterocycles. The summed E-state index contributed by atoms with van der Waals surface area (Å²) in [7, 11) is 5.21. The number of amides is 2. The number of hydrogen-bond donors (Lipinski definition) is 3. The van der Waals surface area contributed by atoms with E-state index in [2.05, 4.69) is 15.5 Å². The number of rotatable bonds is 9. The molecule has 2 atom stereocenters. The number of carbonyl (C=O) groups is 2. The molecule has 150 valence electrons. The highest BCUT2D eigenvalue weighted by Crippen LogP contribution is 2.26. The van der Waals surface area contributed by atoms with Gasteiger partial charge in [0.25, 0.3) is 5.91 Å². The maximum atomic E-state index is 12.7. The van der Waals surface area contributed by atoms with E-state index >= 15 is 0 Å². The molecule has 8 nitrogen and oxygen atoms in total. The Morgan fingerprint density at radius 2 is 2.04 bits per heavy atom. The lowest BCUT2D eigenvalue weighted by molar-refractivity contribution is -0.121. The molecule has 0 saturated carbocycles. The topological polar surface area (TPSA) is 106 Å². The van der Waals surface area contributed by atoms with Gasteiger partial charge in [0.1, 0.15) is 18.1 Å². The molecule has 0 radical (unpaired) electrons. The summed E-state index contributed by atoms with van der Waals surface area (Å²) in [5.74, 6) is 0.907. The number of likely N-dealkylation sites (tertiary alicyclic amines) is 1. The predicted molar refractivity (Wildman–Crippen MR) is 103 cm³/mol. The lowest BCUT2D eigenvalue weighted by atomic mass is 10.1. The molecule has 0 bridgehead atoms. The summed E-state index contributed by atoms with van der Waals surface area (Å²) < 4.78 is 10.8. The summed E-state index contributed by atoms with van der Waals surface area (Å²) in [5.41, 5.74) is 5.95. The van der Waals surface area contributed by atoms with Gasteiger partial charge in [0.2, 0.25) is 5.91 Å². The lowest BCUT2D eigenvalue weighted by Gasteiger charge is -2.25. The molecule has 1 aliphatic heterocycles. The van der Waals surface area contributed by atoms with Gasteiger partial charge in [-0.05, 0) is 32.0 Å². The van der Waals surface area contributed by atoms with Gasteiger partial charge in [-0.15, -0.1) is 0 Å². The SMILES string of the molecule is CNC(=O)C[C@H]1CC[C@@H](CNC(=O)c2ccc(OC)cc2OCCN)N1C. The summed E-state index contributed by atoms with van der Waals surface area (Å²) >= 11 is 0. The van der Waals surface area contributed by atoms with Crippen LogP contribution in [-0.4, -0.2) is 69.7 Å². The van der Waals surface area contributed by atoms with E-state index < -0.39 is 0 Å². The molecule has 1 aromatic carbocycles. The number of benzene rings is 1. The number of hydrogen-bond acceptors (Lipinski definition) is 6. The second-order valence-corrected chi connectivity index (χ2v) is 6.64. The molecule has 1 aliphatic rings. The van der Waals surface area contributed by atoms with E-state index in [9.17, 15) is 9.59 Å². The van der Waals surface area contributed by atoms with Gasteiger partial charge in [-0.1, -0.05) is 0 Å². The molecule has 2 amide bonds. The first-order chi connectivity index (χ1) is 13.0. The number of carbonyl (C=O) groups excluding carboxylic acids is 2. The van der Waals surface area contributed by atoms with Crippen LogP contribution in [0.3, 0.4) is 0 Å². The van der Waals surface area contributed by atoms with E-state index in [1.165, 1.54) is 0 Å². The maximum absolute atomic E-state index is 12.7. The van der Waals surface area contributed by atoms with Crippen molar-refractivity contribution in [2.45, 2.75) is 31.3 Å². The highest BCUT2D eigenvalue weighted by molar-refractivity contribution is 5.97. The van der Waals surface area contributed by atoms with Gasteiger partial charge >= 0.3 is 0 Å². The van der Waals surface area contributed by atoms with Crippen LogP contribution in [0.1, 0.15) is 29.6 Å². The van der Waals surface area contributed by atoms with Crippen molar-refractivity contribution in [1.82, 2.24) is 15.5 Å². The van der Waals surface area contributed by atoms with Crippen LogP contribution in [0.15, 0.2) is 18.2 Å². The van der Waals surface area contributed by atoms with Crippen LogP contribution in [0.25, 0.3) is 0 Å². The number of nitrogens with one attached hydrogen (secondary N) is 2. The quantitative estimate of drug-likeness (QED) is 0.573. The number of nitrogens with two attached hydrogens (primary N) is 1. The Morgan fingerprint density at radius 3 is 2.70 bits per heavy atom. The van der Waals surface area contributed by atoms with E-state index in [4.69, 9.17) is 15.2 Å². The van der Waals surface area contributed by atoms with Crippen molar-refractivity contribution in [3.05, 3.63) is 23.8 Å². The molecular weight excluding hydrogens is 348 g/mol. The summed E-state index contributed by atoms with van der Waals surface area (Å²) in [6.45, 7) is 1.19. The van der Waals surface area contributed by atoms with Gasteiger partial charge in [-0.25, -0.2) is 0 Å². The maximum Gasteiger partial charge on any atom is 0.255 e. The van der Waals surface area contributed by atoms with E-state index in [1.54, 1.807) is 32.4 Å². The fraction of sp³-hybridized carbons (Fsp3) is 0.579. The van der Waals surface area contributed by atoms with Gasteiger partial charge in [-0.2, -0.15) is 0 Å². The summed E-state index contributed by atoms with van der Waals surface area (Å²) in [6, 6.07) is 5.51. The molecule has 4 N–H and O–H groups in total. The minimum absolute atomic E-state index is 0.0384. The van der Waals surface area contributed by atoms with E-state index in [-0.39, 0.29) is 23.9 Å². The van der Waals surface area contributed by atoms with Gasteiger partial charge in [0, 0.05) is 44.7 Å². The first-order valence-corrected chi connectivity index (χ1v) is 9.21. The lowest BCUT2D eigenvalue weighted by Crippen LogP contribution is -2.42. The van der Waals surface area contributed by atoms with Crippen molar-refractivity contribution in [2.24, 2.45) is 5.73 Å². The second-order valence-electron chi connectivity index (χ2n) is 6.64. The first kappa shape index (κ1) is 21.0. The Balaban J connectivity index is 1.96. The highest BCUT2D eigenvalue weighted by Gasteiger charge is 2.31. The van der Waals surface area contributed by atoms with Crippen molar-refractivity contribution < 1.29 is 19.1 Å². The van der Waals surface area contributed by atoms with Crippen molar-refractivity contribution in [3.8, 4) is 11.5 Å². The number of ether oxygens (including phenoxy) is 2. The molecule has 1 aromatic rings. The Labute approximate surface area is 160 Å². The first-order valence-electron chi connectivity index (χ1n) is 9.21. The van der Waals surface area contributed by atoms with Gasteiger partial charge in [0.15, 0.2) is 0 Å². The van der Waals surface area contributed by atoms with Gasteiger partial charge in [-0.3, -0.25) is 14.5 Å². The van der Waals surface area contributed by atoms with Gasteiger partial charge < -0.3 is 25.8 Å². The van der Waals surface area contributed by atoms with Crippen LogP contribution in [0, 0.1) is 0 Å². The van der Waals surface area contributed by atoms with Crippen LogP contribution in [0.4, 0.5) is 0 Å². The Morgan fingerprint density at radius 1 is 1.30 bits per heavy atom. The van der Waals surface area contributed by atoms with Crippen molar-refractivity contribution in [2.75, 3.05) is 40.9 Å². The zero-order valence-corrected chi connectivity index (χ0v) is 16.3. The fourth-order valence-electron chi connectivity index (χ4n) is 3.31. The van der Waals surface area contributed by atoms with Crippen molar-refractivity contribution >= 4 is 11.8 Å². The molecule has 1 fully saturated rings. The van der Waals surface area contributed by atoms with Crippen LogP contribution in [0.5, 0.6) is 11.5 Å². The zero-order valence-electron chi connectivity index (χ0n) is 16.3. The molecule has 0 spiro atoms. The molecular formula is C19H30N4O4. The predicted octanol–water partition coefficient (Wildman–Crippen LogP) is 0.361. The largest absolute Gasteiger partial charge is 0.497 e. The molecule has 8 heteroatoms. The van der Waals surface area contributed by atoms with Crippen LogP contribution in [-0.2, 0) is 4.79 Å². The van der Waals surface area contributed by atoms with E-state index in [1.807, 2.05) is 7.05 Å². The van der Waals surface area contributed by atoms with E-state index in [0.717, 1.165) is 12.8 Å². The third-order valence-corrected chi connectivity index (χ3v) is 4.99. The molecule has 0 unspecified atom stereocenters. The smallest absolute Gasteiger partial charge is 0.255 e. The Bertz CT molecular complexity index is 653. The standard InChI is InChI=1S/C19H30N4O4/c1-21-18(24)10-13-4-5-14(23(13)2)12-22-19(25)16-7-6-15(26-3)11-17(16)27-9-8-20/h6-7,11,13-14H,4-5,8-10,12,20H2,1-3H3,(H,21,24)(H,22,25)/t13-,14+/m1/s1. The Kier molecular flexibility index (Phi) is 7.87. The molecule has 27 heavy (non-hydrogen) atoms. The van der Waals surface area contributed by atoms with Crippen LogP contribution < -0.4 is 25.8 Å². The van der Waals surface area contributed by atoms with Gasteiger partial charge in [0.05, 0.1) is 12.7 Å². The van der Waals surface area contributed by atoms with E-state index in [0.29, 0.717) is 43.2 Å². The second kappa shape index (κ2) is 10.1. The Hall–Kier alpha value is -2.32. The van der Waals surface area contributed by atoms with Crippen LogP contribution >= 0.6 is 0 Å². The summed E-state index contributed by atoms with van der Waals surface area (Å²) in [4.78, 5) is 26.4. The number of nitrogens with zero attached hydrogens (tertiary/aromatic N) is 1. The third kappa shape index (κ3) is 5.58. The highest BCUT2D eigenvalue weighted by atomic mass is 16.5. The number of methoxy groups -OCH3 is 1. The average Bonchev–Trinajstić information content (AvgIpc) is 3.03. The molecule has 2 rings (SSSR count). The van der Waals surface area contributed by atoms with Crippen molar-refractivity contribution in [3.63, 3.8) is 0 Å². The normalized spacial score (nSPS) is 19.6. The minimum Gasteiger partial charge on any atom is -0.497 e. The number of likely N-dealkylation sites (N-methyl/N-ethyl adjacent to an activating group) is 1. The summed E-state index contributed by atoms with van der Waals surface area (Å²) in [5, 5.41) is 5.64. The average molecular weight is 378 g/mol. The monoisotopic (exact) mass is 378 g/mol. The molecule has 1 saturated heterocycles. The third-order valence-electron chi connectivity index (χ3n) is 4.99.